The fourth-order valence-electron chi connectivity index (χ4n) is 5.72. The second kappa shape index (κ2) is 7.99. The maximum Gasteiger partial charge on any atom is 0.0817 e. The van der Waals surface area contributed by atoms with Gasteiger partial charge in [-0.25, -0.2) is 4.98 Å². The molecule has 2 aliphatic heterocycles. The average molecular weight is 488 g/mol. The molecule has 2 aliphatic rings. The van der Waals surface area contributed by atoms with Gasteiger partial charge in [0.05, 0.1) is 11.2 Å². The first kappa shape index (κ1) is 20.6. The fourth-order valence-corrected chi connectivity index (χ4v) is 6.96. The van der Waals surface area contributed by atoms with E-state index in [0.717, 1.165) is 11.2 Å². The van der Waals surface area contributed by atoms with Gasteiger partial charge in [0.25, 0.3) is 0 Å². The third-order valence-electron chi connectivity index (χ3n) is 7.45. The van der Waals surface area contributed by atoms with Crippen molar-refractivity contribution >= 4 is 53.9 Å². The van der Waals surface area contributed by atoms with Crippen molar-refractivity contribution in [2.24, 2.45) is 0 Å². The Kier molecular flexibility index (Phi) is 4.46. The van der Waals surface area contributed by atoms with E-state index in [-0.39, 0.29) is 0 Å². The molecule has 2 heteroatoms. The molecule has 0 saturated carbocycles. The van der Waals surface area contributed by atoms with Gasteiger partial charge in [-0.2, -0.15) is 0 Å². The standard InChI is InChI=1S/C35H21NS/c1-2-10-23-21-24(18-17-22(23)9-1)25-19-20-28(27-12-4-3-11-26(25)27)35-33-29-13-5-7-15-31(29)36-34(33)30-14-6-8-16-32(30)37-35/h1-21H. The molecule has 1 nitrogen and oxygen atoms in total. The molecule has 0 bridgehead atoms. The maximum atomic E-state index is 5.11. The molecule has 6 aromatic rings. The van der Waals surface area contributed by atoms with Crippen LogP contribution >= 0.6 is 11.3 Å². The lowest BCUT2D eigenvalue weighted by Crippen LogP contribution is -1.89. The minimum absolute atomic E-state index is 1.05. The average Bonchev–Trinajstić information content (AvgIpc) is 3.36. The third-order valence-corrected chi connectivity index (χ3v) is 8.66. The predicted molar refractivity (Wildman–Crippen MR) is 160 cm³/mol. The molecule has 0 unspecified atom stereocenters. The van der Waals surface area contributed by atoms with Gasteiger partial charge < -0.3 is 0 Å². The van der Waals surface area contributed by atoms with Crippen molar-refractivity contribution in [1.82, 2.24) is 4.98 Å². The van der Waals surface area contributed by atoms with Gasteiger partial charge in [0.15, 0.2) is 0 Å². The number of benzene rings is 6. The van der Waals surface area contributed by atoms with Crippen LogP contribution in [0, 0.1) is 0 Å². The molecule has 0 aliphatic carbocycles. The summed E-state index contributed by atoms with van der Waals surface area (Å²) in [5.74, 6) is 0. The van der Waals surface area contributed by atoms with Gasteiger partial charge in [-0.3, -0.25) is 0 Å². The summed E-state index contributed by atoms with van der Waals surface area (Å²) in [5.41, 5.74) is 7.17. The van der Waals surface area contributed by atoms with Crippen LogP contribution in [0.4, 0.5) is 0 Å². The van der Waals surface area contributed by atoms with E-state index in [1.165, 1.54) is 64.1 Å². The fraction of sp³-hybridized carbons (Fsp3) is 0. The van der Waals surface area contributed by atoms with Gasteiger partial charge in [-0.1, -0.05) is 109 Å². The van der Waals surface area contributed by atoms with Gasteiger partial charge >= 0.3 is 0 Å². The molecular formula is C35H21NS. The van der Waals surface area contributed by atoms with Gasteiger partial charge in [0, 0.05) is 31.5 Å². The number of para-hydroxylation sites is 1. The van der Waals surface area contributed by atoms with Crippen molar-refractivity contribution in [3.8, 4) is 32.8 Å². The number of nitrogens with zero attached hydrogens (tertiary/aromatic N) is 1. The molecule has 0 N–H and O–H groups in total. The van der Waals surface area contributed by atoms with Crippen molar-refractivity contribution < 1.29 is 0 Å². The summed E-state index contributed by atoms with van der Waals surface area (Å²) >= 11 is 1.87. The Morgan fingerprint density at radius 2 is 1.14 bits per heavy atom. The highest BCUT2D eigenvalue weighted by atomic mass is 32.1. The Morgan fingerprint density at radius 3 is 2.00 bits per heavy atom. The van der Waals surface area contributed by atoms with E-state index in [1.807, 2.05) is 11.3 Å². The minimum Gasteiger partial charge on any atom is -0.247 e. The van der Waals surface area contributed by atoms with Crippen LogP contribution in [0.15, 0.2) is 127 Å². The van der Waals surface area contributed by atoms with Crippen molar-refractivity contribution in [1.29, 1.82) is 0 Å². The summed E-state index contributed by atoms with van der Waals surface area (Å²) in [5, 5.41) is 7.51. The Bertz CT molecular complexity index is 2100. The number of rotatable bonds is 2. The topological polar surface area (TPSA) is 12.9 Å². The summed E-state index contributed by atoms with van der Waals surface area (Å²) in [6, 6.07) is 46.0. The maximum absolute atomic E-state index is 5.11. The van der Waals surface area contributed by atoms with Crippen LogP contribution in [0.5, 0.6) is 0 Å². The second-order valence-corrected chi connectivity index (χ2v) is 10.6. The monoisotopic (exact) mass is 487 g/mol. The minimum atomic E-state index is 1.05. The van der Waals surface area contributed by atoms with Gasteiger partial charge in [-0.15, -0.1) is 11.3 Å². The van der Waals surface area contributed by atoms with Crippen LogP contribution < -0.4 is 0 Å². The van der Waals surface area contributed by atoms with E-state index in [0.29, 0.717) is 0 Å². The zero-order valence-electron chi connectivity index (χ0n) is 20.0. The molecule has 0 spiro atoms. The summed E-state index contributed by atoms with van der Waals surface area (Å²) in [6.45, 7) is 0. The smallest absolute Gasteiger partial charge is 0.0817 e. The van der Waals surface area contributed by atoms with Gasteiger partial charge in [0.1, 0.15) is 0 Å². The Balaban J connectivity index is 1.45. The molecule has 172 valence electrons. The third kappa shape index (κ3) is 3.13. The second-order valence-electron chi connectivity index (χ2n) is 9.55. The van der Waals surface area contributed by atoms with Crippen LogP contribution in [0.25, 0.3) is 75.4 Å². The first-order valence-electron chi connectivity index (χ1n) is 12.6. The zero-order chi connectivity index (χ0) is 24.3. The Morgan fingerprint density at radius 1 is 0.486 bits per heavy atom. The molecule has 0 aromatic heterocycles. The molecule has 0 amide bonds. The van der Waals surface area contributed by atoms with Crippen LogP contribution in [-0.4, -0.2) is 4.98 Å². The molecule has 2 heterocycles. The molecule has 0 atom stereocenters. The lowest BCUT2D eigenvalue weighted by molar-refractivity contribution is 1.49. The quantitative estimate of drug-likeness (QED) is 0.236. The van der Waals surface area contributed by atoms with E-state index < -0.39 is 0 Å². The number of fused-ring (bicyclic) bond motifs is 7. The molecular weight excluding hydrogens is 466 g/mol. The lowest BCUT2D eigenvalue weighted by Gasteiger charge is -2.16. The number of hydrogen-bond acceptors (Lipinski definition) is 2. The summed E-state index contributed by atoms with van der Waals surface area (Å²) in [6.07, 6.45) is 0. The van der Waals surface area contributed by atoms with Crippen LogP contribution in [-0.2, 0) is 0 Å². The first-order chi connectivity index (χ1) is 18.3. The van der Waals surface area contributed by atoms with E-state index in [1.54, 1.807) is 0 Å². The Hall–Kier alpha value is -4.53. The van der Waals surface area contributed by atoms with Crippen molar-refractivity contribution in [2.45, 2.75) is 0 Å². The van der Waals surface area contributed by atoms with Crippen molar-refractivity contribution in [3.05, 3.63) is 127 Å². The van der Waals surface area contributed by atoms with E-state index >= 15 is 0 Å². The van der Waals surface area contributed by atoms with Crippen LogP contribution in [0.2, 0.25) is 0 Å². The molecule has 0 fully saturated rings. The first-order valence-corrected chi connectivity index (χ1v) is 13.4. The Labute approximate surface area is 218 Å². The van der Waals surface area contributed by atoms with E-state index in [9.17, 15) is 0 Å². The highest BCUT2D eigenvalue weighted by Crippen LogP contribution is 2.49. The molecule has 0 radical (unpaired) electrons. The van der Waals surface area contributed by atoms with Gasteiger partial charge in [-0.05, 0) is 50.9 Å². The number of hydrogen-bond donors (Lipinski definition) is 0. The molecule has 0 saturated heterocycles. The highest BCUT2D eigenvalue weighted by Gasteiger charge is 2.22. The van der Waals surface area contributed by atoms with Crippen molar-refractivity contribution in [2.75, 3.05) is 0 Å². The lowest BCUT2D eigenvalue weighted by atomic mass is 9.92. The SMILES string of the molecule is c1ccc2cc(-c3ccc(-c4sc5ccccc5c5nc6ccccc6c4-5)c4ccccc34)ccc2c1. The van der Waals surface area contributed by atoms with Crippen LogP contribution in [0.1, 0.15) is 0 Å². The summed E-state index contributed by atoms with van der Waals surface area (Å²) < 4.78 is 1.26. The van der Waals surface area contributed by atoms with Crippen molar-refractivity contribution in [3.63, 3.8) is 0 Å². The van der Waals surface area contributed by atoms with Crippen LogP contribution in [0.3, 0.4) is 0 Å². The highest BCUT2D eigenvalue weighted by molar-refractivity contribution is 7.22. The zero-order valence-corrected chi connectivity index (χ0v) is 20.8. The normalized spacial score (nSPS) is 11.8. The molecule has 8 rings (SSSR count). The summed E-state index contributed by atoms with van der Waals surface area (Å²) in [4.78, 5) is 6.39. The predicted octanol–water partition coefficient (Wildman–Crippen LogP) is 10.2. The largest absolute Gasteiger partial charge is 0.247 e. The summed E-state index contributed by atoms with van der Waals surface area (Å²) in [7, 11) is 0. The molecule has 37 heavy (non-hydrogen) atoms. The number of aromatic nitrogens is 1. The van der Waals surface area contributed by atoms with E-state index in [2.05, 4.69) is 127 Å². The van der Waals surface area contributed by atoms with Gasteiger partial charge in [0.2, 0.25) is 0 Å². The molecule has 6 aromatic carbocycles. The van der Waals surface area contributed by atoms with E-state index in [4.69, 9.17) is 4.98 Å².